The van der Waals surface area contributed by atoms with Crippen LogP contribution in [0.3, 0.4) is 0 Å². The summed E-state index contributed by atoms with van der Waals surface area (Å²) in [7, 11) is 0. The second kappa shape index (κ2) is 16.2. The molecule has 17 heavy (non-hydrogen) atoms. The molecule has 0 aromatic rings. The van der Waals surface area contributed by atoms with Crippen molar-refractivity contribution in [2.45, 2.75) is 83.5 Å². The summed E-state index contributed by atoms with van der Waals surface area (Å²) in [5.74, 6) is 0. The maximum absolute atomic E-state index is 4.81. The molecule has 0 spiro atoms. The van der Waals surface area contributed by atoms with E-state index in [1.165, 1.54) is 70.6 Å². The van der Waals surface area contributed by atoms with Crippen molar-refractivity contribution >= 4 is 35.2 Å². The van der Waals surface area contributed by atoms with Gasteiger partial charge in [0.15, 0.2) is 0 Å². The molecule has 0 aliphatic heterocycles. The van der Waals surface area contributed by atoms with Crippen LogP contribution in [0.4, 0.5) is 0 Å². The van der Waals surface area contributed by atoms with Crippen LogP contribution in [0, 0.1) is 0 Å². The monoisotopic (exact) mass is 272 g/mol. The Balaban J connectivity index is 2.89. The Labute approximate surface area is 119 Å². The van der Waals surface area contributed by atoms with E-state index in [-0.39, 0.29) is 0 Å². The number of hydrogen-bond donors (Lipinski definition) is 0. The first-order valence-electron chi connectivity index (χ1n) is 7.29. The predicted molar refractivity (Wildman–Crippen MR) is 87.3 cm³/mol. The van der Waals surface area contributed by atoms with Gasteiger partial charge in [-0.15, -0.1) is 0 Å². The summed E-state index contributed by atoms with van der Waals surface area (Å²) in [6.45, 7) is 0. The van der Waals surface area contributed by atoms with E-state index < -0.39 is 0 Å². The Morgan fingerprint density at radius 1 is 0.412 bits per heavy atom. The smallest absolute Gasteiger partial charge is 0.0210 e. The number of thiocarbonyl (C=S) groups is 2. The van der Waals surface area contributed by atoms with Crippen LogP contribution in [0.1, 0.15) is 83.5 Å². The van der Waals surface area contributed by atoms with E-state index in [1.54, 1.807) is 0 Å². The highest BCUT2D eigenvalue weighted by Crippen LogP contribution is 2.12. The van der Waals surface area contributed by atoms with E-state index in [4.69, 9.17) is 24.4 Å². The summed E-state index contributed by atoms with van der Waals surface area (Å²) in [5, 5.41) is 3.73. The fourth-order valence-corrected chi connectivity index (χ4v) is 2.38. The normalized spacial score (nSPS) is 10.4. The highest BCUT2D eigenvalue weighted by Gasteiger charge is 1.92. The zero-order valence-corrected chi connectivity index (χ0v) is 12.8. The summed E-state index contributed by atoms with van der Waals surface area (Å²) < 4.78 is 0. The molecule has 0 aromatic carbocycles. The molecule has 0 unspecified atom stereocenters. The van der Waals surface area contributed by atoms with Crippen molar-refractivity contribution in [3.05, 3.63) is 0 Å². The zero-order valence-electron chi connectivity index (χ0n) is 11.2. The highest BCUT2D eigenvalue weighted by atomic mass is 32.1. The van der Waals surface area contributed by atoms with Crippen molar-refractivity contribution in [2.24, 2.45) is 0 Å². The van der Waals surface area contributed by atoms with Crippen LogP contribution >= 0.6 is 24.4 Å². The van der Waals surface area contributed by atoms with Crippen molar-refractivity contribution in [2.75, 3.05) is 0 Å². The van der Waals surface area contributed by atoms with Crippen molar-refractivity contribution in [1.29, 1.82) is 0 Å². The maximum atomic E-state index is 4.81. The molecule has 0 aliphatic rings. The Kier molecular flexibility index (Phi) is 16.4. The average molecular weight is 273 g/mol. The van der Waals surface area contributed by atoms with Gasteiger partial charge in [0.1, 0.15) is 0 Å². The van der Waals surface area contributed by atoms with Crippen LogP contribution in [0.15, 0.2) is 0 Å². The lowest BCUT2D eigenvalue weighted by molar-refractivity contribution is 0.550. The number of hydrogen-bond acceptors (Lipinski definition) is 2. The summed E-state index contributed by atoms with van der Waals surface area (Å²) >= 11 is 9.61. The minimum Gasteiger partial charge on any atom is -0.0935 e. The largest absolute Gasteiger partial charge is 0.0935 e. The molecule has 0 aliphatic carbocycles. The molecule has 100 valence electrons. The molecule has 0 aromatic heterocycles. The zero-order chi connectivity index (χ0) is 12.6. The lowest BCUT2D eigenvalue weighted by Crippen LogP contribution is -1.83. The molecular weight excluding hydrogens is 244 g/mol. The molecule has 0 rings (SSSR count). The molecule has 2 heteroatoms. The third-order valence-corrected chi connectivity index (χ3v) is 3.62. The van der Waals surface area contributed by atoms with Crippen LogP contribution in [-0.2, 0) is 0 Å². The third-order valence-electron chi connectivity index (χ3n) is 3.14. The lowest BCUT2D eigenvalue weighted by atomic mass is 10.1. The van der Waals surface area contributed by atoms with E-state index in [1.807, 2.05) is 10.7 Å². The van der Waals surface area contributed by atoms with Gasteiger partial charge in [0.05, 0.1) is 0 Å². The standard InChI is InChI=1S/C15H28S2/c16-14-12-10-8-6-4-2-1-3-5-7-9-11-13-15-17/h14-15H,1-13H2. The maximum Gasteiger partial charge on any atom is -0.0210 e. The second-order valence-electron chi connectivity index (χ2n) is 4.80. The fourth-order valence-electron chi connectivity index (χ4n) is 2.05. The molecule has 0 fully saturated rings. The highest BCUT2D eigenvalue weighted by molar-refractivity contribution is 7.79. The van der Waals surface area contributed by atoms with Crippen LogP contribution in [-0.4, -0.2) is 10.7 Å². The third kappa shape index (κ3) is 16.2. The Bertz CT molecular complexity index is 148. The van der Waals surface area contributed by atoms with Crippen LogP contribution in [0.5, 0.6) is 0 Å². The summed E-state index contributed by atoms with van der Waals surface area (Å²) in [4.78, 5) is 0. The molecule has 0 saturated heterocycles. The quantitative estimate of drug-likeness (QED) is 0.278. The topological polar surface area (TPSA) is 0 Å². The van der Waals surface area contributed by atoms with Crippen LogP contribution in [0.2, 0.25) is 0 Å². The van der Waals surface area contributed by atoms with E-state index in [0.29, 0.717) is 0 Å². The van der Waals surface area contributed by atoms with Gasteiger partial charge in [-0.05, 0) is 36.4 Å². The molecule has 0 nitrogen and oxygen atoms in total. The summed E-state index contributed by atoms with van der Waals surface area (Å²) in [6, 6.07) is 0. The average Bonchev–Trinajstić information content (AvgIpc) is 2.35. The fraction of sp³-hybridized carbons (Fsp3) is 0.867. The van der Waals surface area contributed by atoms with E-state index >= 15 is 0 Å². The van der Waals surface area contributed by atoms with Crippen LogP contribution < -0.4 is 0 Å². The van der Waals surface area contributed by atoms with Gasteiger partial charge in [-0.25, -0.2) is 0 Å². The van der Waals surface area contributed by atoms with Gasteiger partial charge in [0, 0.05) is 0 Å². The van der Waals surface area contributed by atoms with Crippen LogP contribution in [0.25, 0.3) is 0 Å². The van der Waals surface area contributed by atoms with Crippen molar-refractivity contribution in [3.8, 4) is 0 Å². The van der Waals surface area contributed by atoms with E-state index in [0.717, 1.165) is 12.8 Å². The second-order valence-corrected chi connectivity index (χ2v) is 5.47. The Hall–Kier alpha value is 0.180. The minimum absolute atomic E-state index is 1.12. The van der Waals surface area contributed by atoms with E-state index in [2.05, 4.69) is 0 Å². The predicted octanol–water partition coefficient (Wildman–Crippen LogP) is 6.06. The number of unbranched alkanes of at least 4 members (excludes halogenated alkanes) is 12. The molecule has 0 atom stereocenters. The summed E-state index contributed by atoms with van der Waals surface area (Å²) in [6.07, 6.45) is 17.5. The first kappa shape index (κ1) is 17.2. The van der Waals surface area contributed by atoms with Gasteiger partial charge in [0.2, 0.25) is 0 Å². The molecule has 0 radical (unpaired) electrons. The summed E-state index contributed by atoms with van der Waals surface area (Å²) in [5.41, 5.74) is 0. The minimum atomic E-state index is 1.12. The Morgan fingerprint density at radius 3 is 0.882 bits per heavy atom. The van der Waals surface area contributed by atoms with Crippen molar-refractivity contribution in [3.63, 3.8) is 0 Å². The van der Waals surface area contributed by atoms with Crippen molar-refractivity contribution in [1.82, 2.24) is 0 Å². The SMILES string of the molecule is S=CCCCCCCCCCCCCCC=S. The van der Waals surface area contributed by atoms with Crippen molar-refractivity contribution < 1.29 is 0 Å². The molecule has 0 heterocycles. The first-order chi connectivity index (χ1) is 8.41. The van der Waals surface area contributed by atoms with E-state index in [9.17, 15) is 0 Å². The van der Waals surface area contributed by atoms with Gasteiger partial charge >= 0.3 is 0 Å². The van der Waals surface area contributed by atoms with Gasteiger partial charge in [-0.2, -0.15) is 0 Å². The van der Waals surface area contributed by atoms with Gasteiger partial charge in [-0.3, -0.25) is 0 Å². The van der Waals surface area contributed by atoms with Gasteiger partial charge in [-0.1, -0.05) is 82.2 Å². The lowest BCUT2D eigenvalue weighted by Gasteiger charge is -2.01. The number of rotatable bonds is 14. The molecule has 0 N–H and O–H groups in total. The van der Waals surface area contributed by atoms with Gasteiger partial charge in [0.25, 0.3) is 0 Å². The first-order valence-corrected chi connectivity index (χ1v) is 8.23. The molecular formula is C15H28S2. The molecule has 0 saturated carbocycles. The molecule has 0 amide bonds. The molecule has 0 bridgehead atoms. The van der Waals surface area contributed by atoms with Gasteiger partial charge < -0.3 is 0 Å². The Morgan fingerprint density at radius 2 is 0.647 bits per heavy atom.